The number of nitrogens with one attached hydrogen (secondary N) is 1. The number of fused-ring (bicyclic) bond motifs is 1. The van der Waals surface area contributed by atoms with Crippen LogP contribution in [0.15, 0.2) is 48.8 Å². The number of hydrogen-bond donors (Lipinski definition) is 1. The minimum atomic E-state index is -0.726. The van der Waals surface area contributed by atoms with Gasteiger partial charge in [-0.05, 0) is 43.4 Å². The zero-order chi connectivity index (χ0) is 23.2. The van der Waals surface area contributed by atoms with Gasteiger partial charge in [-0.25, -0.2) is 4.68 Å². The number of hydrogen-bond acceptors (Lipinski definition) is 5. The van der Waals surface area contributed by atoms with E-state index in [1.165, 1.54) is 0 Å². The molecule has 1 aromatic carbocycles. The van der Waals surface area contributed by atoms with Crippen molar-refractivity contribution < 1.29 is 9.59 Å². The second-order valence-corrected chi connectivity index (χ2v) is 9.14. The highest BCUT2D eigenvalue weighted by atomic mass is 16.2. The van der Waals surface area contributed by atoms with Crippen molar-refractivity contribution in [3.63, 3.8) is 0 Å². The minimum absolute atomic E-state index is 0.00772. The van der Waals surface area contributed by atoms with E-state index in [4.69, 9.17) is 0 Å². The van der Waals surface area contributed by atoms with Gasteiger partial charge in [-0.15, -0.1) is 5.10 Å². The van der Waals surface area contributed by atoms with Crippen molar-refractivity contribution in [2.75, 3.05) is 6.54 Å². The Labute approximate surface area is 194 Å². The van der Waals surface area contributed by atoms with E-state index in [9.17, 15) is 9.59 Å². The van der Waals surface area contributed by atoms with Gasteiger partial charge in [-0.1, -0.05) is 50.1 Å². The zero-order valence-electron chi connectivity index (χ0n) is 19.4. The Morgan fingerprint density at radius 3 is 2.67 bits per heavy atom. The van der Waals surface area contributed by atoms with Crippen molar-refractivity contribution in [1.82, 2.24) is 30.2 Å². The van der Waals surface area contributed by atoms with E-state index >= 15 is 0 Å². The van der Waals surface area contributed by atoms with Crippen molar-refractivity contribution in [2.24, 2.45) is 5.92 Å². The van der Waals surface area contributed by atoms with Crippen LogP contribution in [0.4, 0.5) is 0 Å². The molecule has 3 aromatic rings. The second-order valence-electron chi connectivity index (χ2n) is 9.14. The number of carbonyl (C=O) groups is 2. The van der Waals surface area contributed by atoms with Gasteiger partial charge in [0.25, 0.3) is 0 Å². The van der Waals surface area contributed by atoms with E-state index < -0.39 is 6.04 Å². The minimum Gasteiger partial charge on any atom is -0.354 e. The van der Waals surface area contributed by atoms with Crippen LogP contribution in [0.1, 0.15) is 57.6 Å². The zero-order valence-corrected chi connectivity index (χ0v) is 19.4. The lowest BCUT2D eigenvalue weighted by Gasteiger charge is -2.36. The maximum absolute atomic E-state index is 13.8. The topological polar surface area (TPSA) is 93.0 Å². The Bertz CT molecular complexity index is 1070. The highest BCUT2D eigenvalue weighted by Gasteiger charge is 2.37. The SMILES string of the molecule is CC(C)CCNC(=O)C(c1cccnc1)N(C(=O)Cn1nnc2ccccc21)C1CCCC1. The van der Waals surface area contributed by atoms with Gasteiger partial charge in [0, 0.05) is 30.5 Å². The first-order valence-electron chi connectivity index (χ1n) is 11.8. The number of pyridine rings is 1. The number of aromatic nitrogens is 4. The van der Waals surface area contributed by atoms with Gasteiger partial charge in [-0.3, -0.25) is 14.6 Å². The van der Waals surface area contributed by atoms with Gasteiger partial charge >= 0.3 is 0 Å². The second kappa shape index (κ2) is 10.6. The van der Waals surface area contributed by atoms with E-state index in [1.54, 1.807) is 22.0 Å². The lowest BCUT2D eigenvalue weighted by molar-refractivity contribution is -0.144. The van der Waals surface area contributed by atoms with Crippen LogP contribution in [-0.4, -0.2) is 49.3 Å². The fourth-order valence-corrected chi connectivity index (χ4v) is 4.54. The van der Waals surface area contributed by atoms with Crippen LogP contribution in [0.5, 0.6) is 0 Å². The molecule has 1 unspecified atom stereocenters. The van der Waals surface area contributed by atoms with E-state index in [-0.39, 0.29) is 24.4 Å². The Kier molecular flexibility index (Phi) is 7.32. The molecule has 4 rings (SSSR count). The summed E-state index contributed by atoms with van der Waals surface area (Å²) < 4.78 is 1.62. The van der Waals surface area contributed by atoms with Gasteiger partial charge in [0.15, 0.2) is 0 Å². The number of carbonyl (C=O) groups excluding carboxylic acids is 2. The summed E-state index contributed by atoms with van der Waals surface area (Å²) in [4.78, 5) is 33.3. The Balaban J connectivity index is 1.65. The number of para-hydroxylation sites is 1. The van der Waals surface area contributed by atoms with Gasteiger partial charge in [0.1, 0.15) is 18.1 Å². The van der Waals surface area contributed by atoms with Crippen LogP contribution in [0.25, 0.3) is 11.0 Å². The van der Waals surface area contributed by atoms with Crippen LogP contribution in [0.3, 0.4) is 0 Å². The molecule has 0 spiro atoms. The molecule has 1 aliphatic carbocycles. The van der Waals surface area contributed by atoms with E-state index in [0.717, 1.165) is 48.7 Å². The fraction of sp³-hybridized carbons (Fsp3) is 0.480. The van der Waals surface area contributed by atoms with Crippen molar-refractivity contribution in [1.29, 1.82) is 0 Å². The molecule has 174 valence electrons. The maximum Gasteiger partial charge on any atom is 0.247 e. The lowest BCUT2D eigenvalue weighted by atomic mass is 10.0. The van der Waals surface area contributed by atoms with Gasteiger partial charge < -0.3 is 10.2 Å². The molecule has 1 N–H and O–H groups in total. The monoisotopic (exact) mass is 448 g/mol. The molecule has 1 fully saturated rings. The number of rotatable bonds is 9. The Morgan fingerprint density at radius 2 is 1.94 bits per heavy atom. The molecule has 8 heteroatoms. The maximum atomic E-state index is 13.8. The molecule has 2 aromatic heterocycles. The van der Waals surface area contributed by atoms with Crippen LogP contribution in [0.2, 0.25) is 0 Å². The van der Waals surface area contributed by atoms with Crippen molar-refractivity contribution in [3.05, 3.63) is 54.4 Å². The molecule has 0 radical (unpaired) electrons. The number of amides is 2. The normalized spacial score (nSPS) is 15.1. The standard InChI is InChI=1S/C25H32N6O2/c1-18(2)13-15-27-25(33)24(19-8-7-14-26-16-19)31(20-9-3-4-10-20)23(32)17-30-22-12-6-5-11-21(22)28-29-30/h5-8,11-12,14,16,18,20,24H,3-4,9-10,13,15,17H2,1-2H3,(H,27,33). The highest BCUT2D eigenvalue weighted by molar-refractivity contribution is 5.89. The summed E-state index contributed by atoms with van der Waals surface area (Å²) in [5.41, 5.74) is 2.27. The largest absolute Gasteiger partial charge is 0.354 e. The highest BCUT2D eigenvalue weighted by Crippen LogP contribution is 2.32. The van der Waals surface area contributed by atoms with Crippen molar-refractivity contribution >= 4 is 22.8 Å². The lowest BCUT2D eigenvalue weighted by Crippen LogP contribution is -2.49. The first-order chi connectivity index (χ1) is 16.0. The van der Waals surface area contributed by atoms with Gasteiger partial charge in [-0.2, -0.15) is 0 Å². The number of nitrogens with zero attached hydrogens (tertiary/aromatic N) is 5. The van der Waals surface area contributed by atoms with E-state index in [1.807, 2.05) is 36.4 Å². The van der Waals surface area contributed by atoms with E-state index in [2.05, 4.69) is 34.5 Å². The third kappa shape index (κ3) is 5.38. The average Bonchev–Trinajstić information content (AvgIpc) is 3.48. The molecule has 2 heterocycles. The molecule has 0 saturated heterocycles. The quantitative estimate of drug-likeness (QED) is 0.541. The van der Waals surface area contributed by atoms with Crippen molar-refractivity contribution in [2.45, 2.75) is 64.6 Å². The molecule has 1 aliphatic rings. The molecule has 2 amide bonds. The fourth-order valence-electron chi connectivity index (χ4n) is 4.54. The Morgan fingerprint density at radius 1 is 1.15 bits per heavy atom. The molecule has 1 atom stereocenters. The van der Waals surface area contributed by atoms with Gasteiger partial charge in [0.05, 0.1) is 5.52 Å². The first kappa shape index (κ1) is 22.9. The van der Waals surface area contributed by atoms with Crippen LogP contribution < -0.4 is 5.32 Å². The molecule has 0 aliphatic heterocycles. The Hall–Kier alpha value is -3.29. The summed E-state index contributed by atoms with van der Waals surface area (Å²) in [6.07, 6.45) is 8.13. The molecular weight excluding hydrogens is 416 g/mol. The summed E-state index contributed by atoms with van der Waals surface area (Å²) >= 11 is 0. The van der Waals surface area contributed by atoms with Crippen LogP contribution in [0, 0.1) is 5.92 Å². The molecule has 33 heavy (non-hydrogen) atoms. The summed E-state index contributed by atoms with van der Waals surface area (Å²) in [5, 5.41) is 11.4. The average molecular weight is 449 g/mol. The van der Waals surface area contributed by atoms with Gasteiger partial charge in [0.2, 0.25) is 11.8 Å². The smallest absolute Gasteiger partial charge is 0.247 e. The predicted molar refractivity (Wildman–Crippen MR) is 126 cm³/mol. The van der Waals surface area contributed by atoms with Crippen molar-refractivity contribution in [3.8, 4) is 0 Å². The summed E-state index contributed by atoms with van der Waals surface area (Å²) in [6, 6.07) is 10.5. The summed E-state index contributed by atoms with van der Waals surface area (Å²) in [6.45, 7) is 4.86. The van der Waals surface area contributed by atoms with Crippen LogP contribution in [-0.2, 0) is 16.1 Å². The summed E-state index contributed by atoms with van der Waals surface area (Å²) in [7, 11) is 0. The van der Waals surface area contributed by atoms with Crippen LogP contribution >= 0.6 is 0 Å². The molecular formula is C25H32N6O2. The third-order valence-electron chi connectivity index (χ3n) is 6.26. The number of benzene rings is 1. The molecule has 0 bridgehead atoms. The molecule has 1 saturated carbocycles. The third-order valence-corrected chi connectivity index (χ3v) is 6.26. The first-order valence-corrected chi connectivity index (χ1v) is 11.8. The predicted octanol–water partition coefficient (Wildman–Crippen LogP) is 3.50. The summed E-state index contributed by atoms with van der Waals surface area (Å²) in [5.74, 6) is 0.188. The molecule has 8 nitrogen and oxygen atoms in total. The van der Waals surface area contributed by atoms with E-state index in [0.29, 0.717) is 12.5 Å².